The number of anilines is 1. The highest BCUT2D eigenvalue weighted by Gasteiger charge is 2.70. The number of nitrogens with zero attached hydrogens (tertiary/aromatic N) is 1. The Kier molecular flexibility index (Phi) is 1.96. The van der Waals surface area contributed by atoms with Gasteiger partial charge in [-0.25, -0.2) is 8.78 Å². The van der Waals surface area contributed by atoms with Gasteiger partial charge >= 0.3 is 0 Å². The minimum atomic E-state index is -2.78. The molecular weight excluding hydrogens is 226 g/mol. The highest BCUT2D eigenvalue weighted by atomic mass is 19.3. The van der Waals surface area contributed by atoms with Gasteiger partial charge in [0.25, 0.3) is 5.92 Å². The predicted molar refractivity (Wildman–Crippen MR) is 60.6 cm³/mol. The molecule has 0 saturated heterocycles. The molecule has 0 spiro atoms. The maximum absolute atomic E-state index is 13.2. The van der Waals surface area contributed by atoms with Crippen molar-refractivity contribution in [1.82, 2.24) is 0 Å². The predicted octanol–water partition coefficient (Wildman–Crippen LogP) is 1.71. The van der Waals surface area contributed by atoms with E-state index in [0.29, 0.717) is 12.2 Å². The Labute approximate surface area is 98.2 Å². The summed E-state index contributed by atoms with van der Waals surface area (Å²) in [5.41, 5.74) is 5.55. The Hall–Kier alpha value is -1.36. The van der Waals surface area contributed by atoms with E-state index in [-0.39, 0.29) is 6.42 Å². The number of hydrogen-bond acceptors (Lipinski definition) is 3. The molecule has 0 radical (unpaired) electrons. The molecule has 1 fully saturated rings. The zero-order valence-electron chi connectivity index (χ0n) is 9.54. The Morgan fingerprint density at radius 1 is 1.41 bits per heavy atom. The lowest BCUT2D eigenvalue weighted by Crippen LogP contribution is -2.31. The largest absolute Gasteiger partial charge is 0.490 e. The van der Waals surface area contributed by atoms with Crippen LogP contribution < -0.4 is 15.4 Å². The zero-order valence-corrected chi connectivity index (χ0v) is 9.54. The summed E-state index contributed by atoms with van der Waals surface area (Å²) in [6.07, 6.45) is -0.274. The number of ether oxygens (including phenoxy) is 1. The molecule has 0 bridgehead atoms. The van der Waals surface area contributed by atoms with Crippen LogP contribution in [0.2, 0.25) is 0 Å². The summed E-state index contributed by atoms with van der Waals surface area (Å²) in [5, 5.41) is 0. The molecule has 1 aliphatic carbocycles. The number of nitrogens with two attached hydrogens (primary N) is 1. The van der Waals surface area contributed by atoms with Gasteiger partial charge in [-0.2, -0.15) is 0 Å². The SMILES string of the molecule is CN1CCOc2ccc(C3(N)CC3(F)F)cc21. The summed E-state index contributed by atoms with van der Waals surface area (Å²) in [7, 11) is 1.92. The van der Waals surface area contributed by atoms with E-state index in [4.69, 9.17) is 10.5 Å². The first-order valence-corrected chi connectivity index (χ1v) is 5.59. The maximum Gasteiger partial charge on any atom is 0.272 e. The first-order valence-electron chi connectivity index (χ1n) is 5.59. The first-order chi connectivity index (χ1) is 7.94. The molecule has 17 heavy (non-hydrogen) atoms. The maximum atomic E-state index is 13.2. The second-order valence-corrected chi connectivity index (χ2v) is 4.81. The lowest BCUT2D eigenvalue weighted by atomic mass is 10.0. The van der Waals surface area contributed by atoms with Crippen LogP contribution in [0.15, 0.2) is 18.2 Å². The van der Waals surface area contributed by atoms with E-state index in [1.54, 1.807) is 18.2 Å². The average molecular weight is 240 g/mol. The van der Waals surface area contributed by atoms with Gasteiger partial charge in [0.2, 0.25) is 0 Å². The molecule has 1 unspecified atom stereocenters. The lowest BCUT2D eigenvalue weighted by molar-refractivity contribution is 0.0891. The fraction of sp³-hybridized carbons (Fsp3) is 0.500. The summed E-state index contributed by atoms with van der Waals surface area (Å²) < 4.78 is 31.9. The molecule has 0 aromatic heterocycles. The van der Waals surface area contributed by atoms with Gasteiger partial charge in [-0.1, -0.05) is 6.07 Å². The summed E-state index contributed by atoms with van der Waals surface area (Å²) in [5.74, 6) is -2.05. The van der Waals surface area contributed by atoms with E-state index in [2.05, 4.69) is 0 Å². The Morgan fingerprint density at radius 2 is 2.12 bits per heavy atom. The number of benzene rings is 1. The molecule has 1 heterocycles. The van der Waals surface area contributed by atoms with Gasteiger partial charge in [0.15, 0.2) is 0 Å². The fourth-order valence-corrected chi connectivity index (χ4v) is 2.25. The lowest BCUT2D eigenvalue weighted by Gasteiger charge is -2.28. The molecule has 5 heteroatoms. The highest BCUT2D eigenvalue weighted by Crippen LogP contribution is 2.58. The average Bonchev–Trinajstić information content (AvgIpc) is 2.80. The van der Waals surface area contributed by atoms with Gasteiger partial charge in [0, 0.05) is 13.5 Å². The fourth-order valence-electron chi connectivity index (χ4n) is 2.25. The minimum Gasteiger partial charge on any atom is -0.490 e. The van der Waals surface area contributed by atoms with Gasteiger partial charge in [-0.15, -0.1) is 0 Å². The Balaban J connectivity index is 2.02. The van der Waals surface area contributed by atoms with Crippen molar-refractivity contribution in [1.29, 1.82) is 0 Å². The van der Waals surface area contributed by atoms with Crippen molar-refractivity contribution in [2.75, 3.05) is 25.1 Å². The van der Waals surface area contributed by atoms with Gasteiger partial charge in [0.05, 0.1) is 12.2 Å². The zero-order chi connectivity index (χ0) is 12.3. The second kappa shape index (κ2) is 3.10. The minimum absolute atomic E-state index is 0.274. The summed E-state index contributed by atoms with van der Waals surface area (Å²) in [6, 6.07) is 5.08. The Bertz CT molecular complexity index is 478. The smallest absolute Gasteiger partial charge is 0.272 e. The number of hydrogen-bond donors (Lipinski definition) is 1. The molecule has 2 aliphatic rings. The highest BCUT2D eigenvalue weighted by molar-refractivity contribution is 5.62. The molecule has 1 saturated carbocycles. The quantitative estimate of drug-likeness (QED) is 0.812. The van der Waals surface area contributed by atoms with Crippen molar-refractivity contribution in [2.24, 2.45) is 5.73 Å². The molecule has 3 rings (SSSR count). The van der Waals surface area contributed by atoms with Crippen LogP contribution in [0.25, 0.3) is 0 Å². The molecule has 0 amide bonds. The third kappa shape index (κ3) is 1.42. The van der Waals surface area contributed by atoms with Crippen LogP contribution >= 0.6 is 0 Å². The molecule has 3 nitrogen and oxygen atoms in total. The Morgan fingerprint density at radius 3 is 2.76 bits per heavy atom. The van der Waals surface area contributed by atoms with E-state index < -0.39 is 11.5 Å². The van der Waals surface area contributed by atoms with Crippen molar-refractivity contribution >= 4 is 5.69 Å². The van der Waals surface area contributed by atoms with Crippen LogP contribution in [0.1, 0.15) is 12.0 Å². The molecule has 2 N–H and O–H groups in total. The standard InChI is InChI=1S/C12H14F2N2O/c1-16-4-5-17-10-3-2-8(6-9(10)16)11(15)7-12(11,13)14/h2-3,6H,4-5,7,15H2,1H3. The molecule has 1 aromatic carbocycles. The number of likely N-dealkylation sites (N-methyl/N-ethyl adjacent to an activating group) is 1. The van der Waals surface area contributed by atoms with Crippen molar-refractivity contribution in [3.05, 3.63) is 23.8 Å². The summed E-state index contributed by atoms with van der Waals surface area (Å²) >= 11 is 0. The van der Waals surface area contributed by atoms with E-state index in [0.717, 1.165) is 18.0 Å². The van der Waals surface area contributed by atoms with E-state index >= 15 is 0 Å². The molecule has 1 aromatic rings. The second-order valence-electron chi connectivity index (χ2n) is 4.81. The third-order valence-corrected chi connectivity index (χ3v) is 3.60. The molecule has 92 valence electrons. The van der Waals surface area contributed by atoms with Gasteiger partial charge in [-0.05, 0) is 17.7 Å². The van der Waals surface area contributed by atoms with Crippen molar-refractivity contribution in [3.8, 4) is 5.75 Å². The molecular formula is C12H14F2N2O. The van der Waals surface area contributed by atoms with Crippen LogP contribution in [0.5, 0.6) is 5.75 Å². The monoisotopic (exact) mass is 240 g/mol. The van der Waals surface area contributed by atoms with Gasteiger partial charge in [-0.3, -0.25) is 0 Å². The first kappa shape index (κ1) is 10.8. The van der Waals surface area contributed by atoms with E-state index in [1.807, 2.05) is 11.9 Å². The summed E-state index contributed by atoms with van der Waals surface area (Å²) in [6.45, 7) is 1.37. The topological polar surface area (TPSA) is 38.5 Å². The van der Waals surface area contributed by atoms with E-state index in [9.17, 15) is 8.78 Å². The van der Waals surface area contributed by atoms with Gasteiger partial charge < -0.3 is 15.4 Å². The van der Waals surface area contributed by atoms with Crippen molar-refractivity contribution in [2.45, 2.75) is 17.9 Å². The van der Waals surface area contributed by atoms with Gasteiger partial charge in [0.1, 0.15) is 17.9 Å². The normalized spacial score (nSPS) is 29.5. The van der Waals surface area contributed by atoms with E-state index in [1.165, 1.54) is 0 Å². The van der Waals surface area contributed by atoms with Crippen LogP contribution in [0.4, 0.5) is 14.5 Å². The van der Waals surface area contributed by atoms with Crippen LogP contribution in [0.3, 0.4) is 0 Å². The number of alkyl halides is 2. The number of rotatable bonds is 1. The third-order valence-electron chi connectivity index (χ3n) is 3.60. The van der Waals surface area contributed by atoms with Crippen LogP contribution in [-0.4, -0.2) is 26.1 Å². The van der Waals surface area contributed by atoms with Crippen molar-refractivity contribution < 1.29 is 13.5 Å². The molecule has 1 aliphatic heterocycles. The number of fused-ring (bicyclic) bond motifs is 1. The van der Waals surface area contributed by atoms with Crippen LogP contribution in [0, 0.1) is 0 Å². The van der Waals surface area contributed by atoms with Crippen LogP contribution in [-0.2, 0) is 5.54 Å². The van der Waals surface area contributed by atoms with Crippen molar-refractivity contribution in [3.63, 3.8) is 0 Å². The summed E-state index contributed by atoms with van der Waals surface area (Å²) in [4.78, 5) is 1.99. The number of halogens is 2. The molecule has 1 atom stereocenters.